The maximum atomic E-state index is 12.1. The molecule has 5 nitrogen and oxygen atoms in total. The van der Waals surface area contributed by atoms with Crippen molar-refractivity contribution < 1.29 is 9.21 Å². The molecule has 3 rings (SSSR count). The van der Waals surface area contributed by atoms with E-state index in [-0.39, 0.29) is 12.3 Å². The van der Waals surface area contributed by atoms with Gasteiger partial charge < -0.3 is 9.73 Å². The minimum atomic E-state index is -0.147. The molecule has 0 unspecified atom stereocenters. The lowest BCUT2D eigenvalue weighted by molar-refractivity contribution is -0.121. The van der Waals surface area contributed by atoms with E-state index in [1.807, 2.05) is 26.0 Å². The Labute approximate surface area is 147 Å². The molecule has 0 saturated heterocycles. The fourth-order valence-electron chi connectivity index (χ4n) is 3.16. The van der Waals surface area contributed by atoms with Crippen molar-refractivity contribution in [1.82, 2.24) is 16.2 Å². The third kappa shape index (κ3) is 3.70. The monoisotopic (exact) mass is 345 g/mol. The highest BCUT2D eigenvalue weighted by atomic mass is 32.1. The number of furan rings is 1. The zero-order valence-electron chi connectivity index (χ0n) is 14.1. The second-order valence-electron chi connectivity index (χ2n) is 6.45. The van der Waals surface area contributed by atoms with Gasteiger partial charge in [-0.25, -0.2) is 0 Å². The smallest absolute Gasteiger partial charge is 0.242 e. The number of fused-ring (bicyclic) bond motifs is 1. The number of thiocarbonyl (C=S) groups is 1. The van der Waals surface area contributed by atoms with Gasteiger partial charge in [0.25, 0.3) is 0 Å². The van der Waals surface area contributed by atoms with Crippen LogP contribution >= 0.6 is 12.2 Å². The third-order valence-corrected chi connectivity index (χ3v) is 4.92. The Kier molecular flexibility index (Phi) is 5.04. The number of rotatable bonds is 3. The van der Waals surface area contributed by atoms with Crippen LogP contribution in [0.3, 0.4) is 0 Å². The molecule has 1 aromatic heterocycles. The molecule has 1 heterocycles. The van der Waals surface area contributed by atoms with Crippen LogP contribution in [-0.4, -0.2) is 17.1 Å². The lowest BCUT2D eigenvalue weighted by Crippen LogP contribution is -2.49. The Balaban J connectivity index is 1.55. The second kappa shape index (κ2) is 7.21. The first-order valence-electron chi connectivity index (χ1n) is 8.36. The maximum Gasteiger partial charge on any atom is 0.242 e. The van der Waals surface area contributed by atoms with Crippen molar-refractivity contribution in [1.29, 1.82) is 0 Å². The van der Waals surface area contributed by atoms with Crippen LogP contribution in [0.5, 0.6) is 0 Å². The van der Waals surface area contributed by atoms with Crippen LogP contribution in [-0.2, 0) is 11.2 Å². The first-order valence-corrected chi connectivity index (χ1v) is 8.77. The van der Waals surface area contributed by atoms with Crippen LogP contribution in [0.1, 0.15) is 42.4 Å². The average molecular weight is 345 g/mol. The molecule has 1 aliphatic rings. The molecule has 2 aromatic rings. The standard InChI is InChI=1S/C18H23N3O2S/c1-11-7-8-15-13(10-23-17(15)12(11)2)9-16(22)20-21-18(24)19-14-5-3-4-6-14/h7-8,10,14H,3-6,9H2,1-2H3,(H,20,22)(H2,19,21,24). The molecule has 1 aliphatic carbocycles. The summed E-state index contributed by atoms with van der Waals surface area (Å²) in [5.41, 5.74) is 9.45. The van der Waals surface area contributed by atoms with Gasteiger partial charge in [-0.1, -0.05) is 25.0 Å². The molecule has 0 atom stereocenters. The topological polar surface area (TPSA) is 66.3 Å². The van der Waals surface area contributed by atoms with Crippen molar-refractivity contribution in [2.24, 2.45) is 0 Å². The third-order valence-electron chi connectivity index (χ3n) is 4.70. The zero-order valence-corrected chi connectivity index (χ0v) is 14.9. The summed E-state index contributed by atoms with van der Waals surface area (Å²) in [7, 11) is 0. The fourth-order valence-corrected chi connectivity index (χ4v) is 3.38. The van der Waals surface area contributed by atoms with Crippen molar-refractivity contribution in [3.8, 4) is 0 Å². The number of aryl methyl sites for hydroxylation is 2. The zero-order chi connectivity index (χ0) is 17.1. The maximum absolute atomic E-state index is 12.1. The molecule has 1 aromatic carbocycles. The van der Waals surface area contributed by atoms with Gasteiger partial charge in [-0.05, 0) is 50.0 Å². The number of hydrogen-bond acceptors (Lipinski definition) is 3. The molecule has 6 heteroatoms. The highest BCUT2D eigenvalue weighted by Gasteiger charge is 2.16. The molecule has 1 amide bonds. The molecule has 0 radical (unpaired) electrons. The van der Waals surface area contributed by atoms with Crippen LogP contribution in [0.4, 0.5) is 0 Å². The number of hydrazine groups is 1. The molecule has 3 N–H and O–H groups in total. The molecular formula is C18H23N3O2S. The lowest BCUT2D eigenvalue weighted by Gasteiger charge is -2.16. The minimum Gasteiger partial charge on any atom is -0.464 e. The highest BCUT2D eigenvalue weighted by Crippen LogP contribution is 2.26. The Bertz CT molecular complexity index is 763. The van der Waals surface area contributed by atoms with Gasteiger partial charge in [-0.15, -0.1) is 0 Å². The summed E-state index contributed by atoms with van der Waals surface area (Å²) in [5, 5.41) is 4.68. The average Bonchev–Trinajstić information content (AvgIpc) is 3.19. The predicted octanol–water partition coefficient (Wildman–Crippen LogP) is 3.03. The normalized spacial score (nSPS) is 14.8. The van der Waals surface area contributed by atoms with Crippen molar-refractivity contribution in [3.63, 3.8) is 0 Å². The summed E-state index contributed by atoms with van der Waals surface area (Å²) < 4.78 is 5.64. The van der Waals surface area contributed by atoms with Gasteiger partial charge in [0.2, 0.25) is 5.91 Å². The van der Waals surface area contributed by atoms with Gasteiger partial charge in [0.05, 0.1) is 12.7 Å². The van der Waals surface area contributed by atoms with Crippen LogP contribution in [0.15, 0.2) is 22.8 Å². The van der Waals surface area contributed by atoms with Gasteiger partial charge in [-0.3, -0.25) is 15.6 Å². The van der Waals surface area contributed by atoms with Crippen molar-refractivity contribution >= 4 is 34.2 Å². The SMILES string of the molecule is Cc1ccc2c(CC(=O)NNC(=S)NC3CCCC3)coc2c1C. The number of amides is 1. The number of carbonyl (C=O) groups is 1. The Hall–Kier alpha value is -2.08. The summed E-state index contributed by atoms with van der Waals surface area (Å²) in [6.07, 6.45) is 6.64. The minimum absolute atomic E-state index is 0.147. The van der Waals surface area contributed by atoms with Gasteiger partial charge in [0, 0.05) is 17.0 Å². The predicted molar refractivity (Wildman–Crippen MR) is 98.7 cm³/mol. The summed E-state index contributed by atoms with van der Waals surface area (Å²) in [4.78, 5) is 12.1. The largest absolute Gasteiger partial charge is 0.464 e. The van der Waals surface area contributed by atoms with Gasteiger partial charge in [-0.2, -0.15) is 0 Å². The van der Waals surface area contributed by atoms with E-state index in [0.717, 1.165) is 34.9 Å². The van der Waals surface area contributed by atoms with Crippen LogP contribution in [0.25, 0.3) is 11.0 Å². The summed E-state index contributed by atoms with van der Waals surface area (Å²) in [6.45, 7) is 4.07. The van der Waals surface area contributed by atoms with Gasteiger partial charge in [0.1, 0.15) is 5.58 Å². The van der Waals surface area contributed by atoms with E-state index >= 15 is 0 Å². The van der Waals surface area contributed by atoms with E-state index in [0.29, 0.717) is 11.2 Å². The van der Waals surface area contributed by atoms with E-state index < -0.39 is 0 Å². The van der Waals surface area contributed by atoms with E-state index in [4.69, 9.17) is 16.6 Å². The van der Waals surface area contributed by atoms with Crippen molar-refractivity contribution in [3.05, 3.63) is 35.1 Å². The number of benzene rings is 1. The molecule has 1 fully saturated rings. The fraction of sp³-hybridized carbons (Fsp3) is 0.444. The van der Waals surface area contributed by atoms with Crippen molar-refractivity contribution in [2.75, 3.05) is 0 Å². The van der Waals surface area contributed by atoms with Gasteiger partial charge in [0.15, 0.2) is 5.11 Å². The highest BCUT2D eigenvalue weighted by molar-refractivity contribution is 7.80. The molecule has 0 aliphatic heterocycles. The first kappa shape index (κ1) is 16.8. The Morgan fingerprint density at radius 1 is 1.25 bits per heavy atom. The summed E-state index contributed by atoms with van der Waals surface area (Å²) >= 11 is 5.21. The molecule has 1 saturated carbocycles. The Morgan fingerprint density at radius 3 is 2.75 bits per heavy atom. The van der Waals surface area contributed by atoms with E-state index in [9.17, 15) is 4.79 Å². The number of hydrogen-bond donors (Lipinski definition) is 3. The molecular weight excluding hydrogens is 322 g/mol. The van der Waals surface area contributed by atoms with Crippen LogP contribution < -0.4 is 16.2 Å². The van der Waals surface area contributed by atoms with Crippen LogP contribution in [0, 0.1) is 13.8 Å². The van der Waals surface area contributed by atoms with Crippen LogP contribution in [0.2, 0.25) is 0 Å². The molecule has 0 spiro atoms. The van der Waals surface area contributed by atoms with E-state index in [1.165, 1.54) is 18.4 Å². The Morgan fingerprint density at radius 2 is 2.00 bits per heavy atom. The number of carbonyl (C=O) groups excluding carboxylic acids is 1. The van der Waals surface area contributed by atoms with Crippen molar-refractivity contribution in [2.45, 2.75) is 52.0 Å². The molecule has 128 valence electrons. The molecule has 24 heavy (non-hydrogen) atoms. The molecule has 0 bridgehead atoms. The second-order valence-corrected chi connectivity index (χ2v) is 6.86. The summed E-state index contributed by atoms with van der Waals surface area (Å²) in [6, 6.07) is 4.47. The number of nitrogens with one attached hydrogen (secondary N) is 3. The lowest BCUT2D eigenvalue weighted by atomic mass is 10.0. The summed E-state index contributed by atoms with van der Waals surface area (Å²) in [5.74, 6) is -0.147. The van der Waals surface area contributed by atoms with Gasteiger partial charge >= 0.3 is 0 Å². The van der Waals surface area contributed by atoms with E-state index in [2.05, 4.69) is 16.2 Å². The first-order chi connectivity index (χ1) is 11.5. The quantitative estimate of drug-likeness (QED) is 0.589. The van der Waals surface area contributed by atoms with E-state index in [1.54, 1.807) is 6.26 Å².